The largest absolute Gasteiger partial charge is 0.367 e. The molecule has 3 nitrogen and oxygen atoms in total. The fraction of sp³-hybridized carbons (Fsp3) is 0.571. The predicted octanol–water partition coefficient (Wildman–Crippen LogP) is 3.48. The standard InChI is InChI=1S/C14H22BrNO2S/c1-4-11-19(17,18)14-8-6-5-7-13(14)16(10-9-15)12(2)3/h5-8,12H,4,9-11H2,1-3H3. The summed E-state index contributed by atoms with van der Waals surface area (Å²) in [7, 11) is -3.19. The molecule has 1 aromatic carbocycles. The number of rotatable bonds is 7. The van der Waals surface area contributed by atoms with E-state index in [1.807, 2.05) is 19.1 Å². The van der Waals surface area contributed by atoms with Gasteiger partial charge < -0.3 is 4.90 Å². The van der Waals surface area contributed by atoms with Crippen molar-refractivity contribution >= 4 is 31.5 Å². The maximum Gasteiger partial charge on any atom is 0.180 e. The average molecular weight is 348 g/mol. The van der Waals surface area contributed by atoms with Crippen molar-refractivity contribution in [1.29, 1.82) is 0 Å². The van der Waals surface area contributed by atoms with E-state index in [-0.39, 0.29) is 11.8 Å². The third-order valence-corrected chi connectivity index (χ3v) is 5.25. The Hall–Kier alpha value is -0.550. The lowest BCUT2D eigenvalue weighted by molar-refractivity contribution is 0.593. The molecule has 1 rings (SSSR count). The summed E-state index contributed by atoms with van der Waals surface area (Å²) in [4.78, 5) is 2.57. The highest BCUT2D eigenvalue weighted by Crippen LogP contribution is 2.27. The normalized spacial score (nSPS) is 11.8. The van der Waals surface area contributed by atoms with Gasteiger partial charge >= 0.3 is 0 Å². The number of hydrogen-bond acceptors (Lipinski definition) is 3. The molecule has 108 valence electrons. The van der Waals surface area contributed by atoms with Crippen molar-refractivity contribution in [2.45, 2.75) is 38.1 Å². The molecule has 0 aliphatic rings. The first kappa shape index (κ1) is 16.5. The van der Waals surface area contributed by atoms with Crippen LogP contribution in [0.3, 0.4) is 0 Å². The molecule has 0 aromatic heterocycles. The summed E-state index contributed by atoms with van der Waals surface area (Å²) >= 11 is 3.43. The first-order chi connectivity index (χ1) is 8.94. The Balaban J connectivity index is 3.28. The van der Waals surface area contributed by atoms with Crippen LogP contribution in [0.5, 0.6) is 0 Å². The maximum atomic E-state index is 12.3. The molecule has 0 aliphatic heterocycles. The van der Waals surface area contributed by atoms with E-state index in [4.69, 9.17) is 0 Å². The SMILES string of the molecule is CCCS(=O)(=O)c1ccccc1N(CCBr)C(C)C. The Labute approximate surface area is 125 Å². The second-order valence-electron chi connectivity index (χ2n) is 4.76. The van der Waals surface area contributed by atoms with Crippen molar-refractivity contribution in [2.75, 3.05) is 22.5 Å². The molecule has 0 fully saturated rings. The number of benzene rings is 1. The highest BCUT2D eigenvalue weighted by molar-refractivity contribution is 9.09. The van der Waals surface area contributed by atoms with E-state index in [0.29, 0.717) is 11.3 Å². The monoisotopic (exact) mass is 347 g/mol. The lowest BCUT2D eigenvalue weighted by Gasteiger charge is -2.30. The van der Waals surface area contributed by atoms with Crippen LogP contribution in [0.2, 0.25) is 0 Å². The van der Waals surface area contributed by atoms with Gasteiger partial charge in [-0.1, -0.05) is 35.0 Å². The Morgan fingerprint density at radius 1 is 1.26 bits per heavy atom. The third kappa shape index (κ3) is 4.21. The molecule has 0 aliphatic carbocycles. The number of halogens is 1. The fourth-order valence-electron chi connectivity index (χ4n) is 2.08. The molecule has 5 heteroatoms. The average Bonchev–Trinajstić information content (AvgIpc) is 2.35. The van der Waals surface area contributed by atoms with Gasteiger partial charge in [0.15, 0.2) is 9.84 Å². The van der Waals surface area contributed by atoms with E-state index < -0.39 is 9.84 Å². The zero-order chi connectivity index (χ0) is 14.5. The van der Waals surface area contributed by atoms with Crippen LogP contribution in [0, 0.1) is 0 Å². The Morgan fingerprint density at radius 2 is 1.89 bits per heavy atom. The van der Waals surface area contributed by atoms with E-state index in [9.17, 15) is 8.42 Å². The number of hydrogen-bond donors (Lipinski definition) is 0. The molecule has 0 saturated heterocycles. The van der Waals surface area contributed by atoms with Crippen molar-refractivity contribution in [3.05, 3.63) is 24.3 Å². The minimum absolute atomic E-state index is 0.199. The van der Waals surface area contributed by atoms with E-state index in [1.165, 1.54) is 0 Å². The first-order valence-corrected chi connectivity index (χ1v) is 9.35. The van der Waals surface area contributed by atoms with Gasteiger partial charge in [0.1, 0.15) is 0 Å². The van der Waals surface area contributed by atoms with E-state index in [0.717, 1.165) is 17.6 Å². The zero-order valence-electron chi connectivity index (χ0n) is 11.8. The summed E-state index contributed by atoms with van der Waals surface area (Å²) in [5.74, 6) is 0.199. The lowest BCUT2D eigenvalue weighted by Crippen LogP contribution is -2.33. The van der Waals surface area contributed by atoms with Crippen molar-refractivity contribution in [2.24, 2.45) is 0 Å². The van der Waals surface area contributed by atoms with Crippen LogP contribution in [0.4, 0.5) is 5.69 Å². The molecule has 0 radical (unpaired) electrons. The van der Waals surface area contributed by atoms with Gasteiger partial charge in [-0.3, -0.25) is 0 Å². The smallest absolute Gasteiger partial charge is 0.180 e. The molecule has 0 spiro atoms. The van der Waals surface area contributed by atoms with Gasteiger partial charge in [0.25, 0.3) is 0 Å². The molecule has 0 N–H and O–H groups in total. The van der Waals surface area contributed by atoms with Crippen LogP contribution < -0.4 is 4.90 Å². The molecule has 0 amide bonds. The van der Waals surface area contributed by atoms with Crippen molar-refractivity contribution < 1.29 is 8.42 Å². The number of alkyl halides is 1. The zero-order valence-corrected chi connectivity index (χ0v) is 14.2. The molecule has 0 saturated carbocycles. The summed E-state index contributed by atoms with van der Waals surface area (Å²) < 4.78 is 24.7. The number of anilines is 1. The number of nitrogens with zero attached hydrogens (tertiary/aromatic N) is 1. The second kappa shape index (κ2) is 7.29. The highest BCUT2D eigenvalue weighted by atomic mass is 79.9. The second-order valence-corrected chi connectivity index (χ2v) is 7.63. The predicted molar refractivity (Wildman–Crippen MR) is 85.1 cm³/mol. The summed E-state index contributed by atoms with van der Waals surface area (Å²) in [6, 6.07) is 7.55. The number of para-hydroxylation sites is 1. The van der Waals surface area contributed by atoms with E-state index in [2.05, 4.69) is 34.7 Å². The van der Waals surface area contributed by atoms with Gasteiger partial charge in [0, 0.05) is 17.9 Å². The molecule has 0 atom stereocenters. The quantitative estimate of drug-likeness (QED) is 0.708. The third-order valence-electron chi connectivity index (χ3n) is 2.93. The van der Waals surface area contributed by atoms with Crippen LogP contribution in [0.1, 0.15) is 27.2 Å². The molecular formula is C14H22BrNO2S. The van der Waals surface area contributed by atoms with Crippen LogP contribution in [0.15, 0.2) is 29.2 Å². The van der Waals surface area contributed by atoms with Gasteiger partial charge in [-0.05, 0) is 32.4 Å². The molecule has 0 heterocycles. The van der Waals surface area contributed by atoms with Crippen LogP contribution in [0.25, 0.3) is 0 Å². The minimum Gasteiger partial charge on any atom is -0.367 e. The van der Waals surface area contributed by atoms with Crippen LogP contribution in [-0.4, -0.2) is 32.1 Å². The molecular weight excluding hydrogens is 326 g/mol. The topological polar surface area (TPSA) is 37.4 Å². The fourth-order valence-corrected chi connectivity index (χ4v) is 4.01. The van der Waals surface area contributed by atoms with E-state index >= 15 is 0 Å². The van der Waals surface area contributed by atoms with Gasteiger partial charge in [-0.2, -0.15) is 0 Å². The van der Waals surface area contributed by atoms with Crippen LogP contribution in [-0.2, 0) is 9.84 Å². The minimum atomic E-state index is -3.19. The number of sulfone groups is 1. The van der Waals surface area contributed by atoms with Crippen molar-refractivity contribution in [1.82, 2.24) is 0 Å². The summed E-state index contributed by atoms with van der Waals surface area (Å²) in [5.41, 5.74) is 0.811. The maximum absolute atomic E-state index is 12.3. The highest BCUT2D eigenvalue weighted by Gasteiger charge is 2.21. The van der Waals surface area contributed by atoms with E-state index in [1.54, 1.807) is 12.1 Å². The lowest BCUT2D eigenvalue weighted by atomic mass is 10.2. The summed E-state index contributed by atoms with van der Waals surface area (Å²) in [6.07, 6.45) is 0.636. The Kier molecular flexibility index (Phi) is 6.33. The van der Waals surface area contributed by atoms with Gasteiger partial charge in [0.2, 0.25) is 0 Å². The molecule has 19 heavy (non-hydrogen) atoms. The van der Waals surface area contributed by atoms with Gasteiger partial charge in [-0.25, -0.2) is 8.42 Å². The van der Waals surface area contributed by atoms with Gasteiger partial charge in [-0.15, -0.1) is 0 Å². The first-order valence-electron chi connectivity index (χ1n) is 6.58. The Morgan fingerprint density at radius 3 is 2.42 bits per heavy atom. The summed E-state index contributed by atoms with van der Waals surface area (Å²) in [5, 5.41) is 0.813. The summed E-state index contributed by atoms with van der Waals surface area (Å²) in [6.45, 7) is 6.83. The van der Waals surface area contributed by atoms with Crippen molar-refractivity contribution in [3.63, 3.8) is 0 Å². The van der Waals surface area contributed by atoms with Crippen LogP contribution >= 0.6 is 15.9 Å². The molecule has 0 bridgehead atoms. The van der Waals surface area contributed by atoms with Gasteiger partial charge in [0.05, 0.1) is 16.3 Å². The molecule has 1 aromatic rings. The molecule has 0 unspecified atom stereocenters. The Bertz CT molecular complexity index is 500. The van der Waals surface area contributed by atoms with Crippen molar-refractivity contribution in [3.8, 4) is 0 Å².